The van der Waals surface area contributed by atoms with Crippen molar-refractivity contribution in [3.63, 3.8) is 0 Å². The molecule has 0 bridgehead atoms. The molecular weight excluding hydrogens is 380 g/mol. The molecule has 1 amide bonds. The number of halogens is 1. The minimum Gasteiger partial charge on any atom is -0.495 e. The van der Waals surface area contributed by atoms with Crippen molar-refractivity contribution < 1.29 is 17.9 Å². The second-order valence-electron chi connectivity index (χ2n) is 5.84. The van der Waals surface area contributed by atoms with Gasteiger partial charge < -0.3 is 15.4 Å². The molecule has 1 aliphatic heterocycles. The zero-order valence-electron chi connectivity index (χ0n) is 13.9. The summed E-state index contributed by atoms with van der Waals surface area (Å²) in [7, 11) is -1.52. The molecule has 1 aromatic carbocycles. The van der Waals surface area contributed by atoms with E-state index in [4.69, 9.17) is 16.3 Å². The second kappa shape index (κ2) is 7.46. The van der Waals surface area contributed by atoms with Crippen LogP contribution >= 0.6 is 11.6 Å². The highest BCUT2D eigenvalue weighted by Crippen LogP contribution is 2.29. The van der Waals surface area contributed by atoms with E-state index in [9.17, 15) is 13.2 Å². The molecule has 0 aliphatic carbocycles. The maximum atomic E-state index is 12.2. The maximum absolute atomic E-state index is 12.2. The number of methoxy groups -OCH3 is 1. The standard InChI is InChI=1S/C16H17ClN4O4S/c1-25-14-3-2-11(17)6-13(14)21-16-18-7-10(8-19-16)15(22)20-12-4-5-26(23,24)9-12/h2-3,6-8,12H,4-5,9H2,1H3,(H,20,22)(H,18,19,21). The number of hydrogen-bond acceptors (Lipinski definition) is 7. The summed E-state index contributed by atoms with van der Waals surface area (Å²) in [6, 6.07) is 4.71. The molecule has 8 nitrogen and oxygen atoms in total. The molecule has 0 saturated carbocycles. The summed E-state index contributed by atoms with van der Waals surface area (Å²) >= 11 is 5.98. The number of nitrogens with zero attached hydrogens (tertiary/aromatic N) is 2. The van der Waals surface area contributed by atoms with Crippen molar-refractivity contribution in [2.75, 3.05) is 23.9 Å². The Morgan fingerprint density at radius 1 is 1.31 bits per heavy atom. The summed E-state index contributed by atoms with van der Waals surface area (Å²) in [5.41, 5.74) is 0.839. The molecule has 0 spiro atoms. The highest BCUT2D eigenvalue weighted by molar-refractivity contribution is 7.91. The molecule has 1 unspecified atom stereocenters. The molecule has 1 aliphatic rings. The number of anilines is 2. The third kappa shape index (κ3) is 4.41. The number of nitrogens with one attached hydrogen (secondary N) is 2. The average Bonchev–Trinajstić information content (AvgIpc) is 2.94. The monoisotopic (exact) mass is 396 g/mol. The summed E-state index contributed by atoms with van der Waals surface area (Å²) in [6.45, 7) is 0. The number of hydrogen-bond donors (Lipinski definition) is 2. The Morgan fingerprint density at radius 3 is 2.65 bits per heavy atom. The Labute approximate surface area is 155 Å². The number of sulfone groups is 1. The Balaban J connectivity index is 1.67. The predicted octanol–water partition coefficient (Wildman–Crippen LogP) is 1.80. The molecule has 10 heteroatoms. The normalized spacial score (nSPS) is 18.3. The van der Waals surface area contributed by atoms with Crippen LogP contribution in [0.5, 0.6) is 5.75 Å². The van der Waals surface area contributed by atoms with Gasteiger partial charge in [-0.1, -0.05) is 11.6 Å². The van der Waals surface area contributed by atoms with Gasteiger partial charge in [-0.2, -0.15) is 0 Å². The first kappa shape index (κ1) is 18.4. The van der Waals surface area contributed by atoms with Crippen LogP contribution < -0.4 is 15.4 Å². The van der Waals surface area contributed by atoms with Crippen molar-refractivity contribution in [1.82, 2.24) is 15.3 Å². The fourth-order valence-corrected chi connectivity index (χ4v) is 4.43. The molecule has 1 aromatic heterocycles. The lowest BCUT2D eigenvalue weighted by Gasteiger charge is -2.12. The number of aromatic nitrogens is 2. The minimum absolute atomic E-state index is 0.0339. The Kier molecular flexibility index (Phi) is 5.28. The first-order chi connectivity index (χ1) is 12.4. The zero-order valence-corrected chi connectivity index (χ0v) is 15.5. The predicted molar refractivity (Wildman–Crippen MR) is 97.8 cm³/mol. The van der Waals surface area contributed by atoms with Crippen LogP contribution in [0.15, 0.2) is 30.6 Å². The van der Waals surface area contributed by atoms with Gasteiger partial charge >= 0.3 is 0 Å². The van der Waals surface area contributed by atoms with Gasteiger partial charge in [0.15, 0.2) is 9.84 Å². The van der Waals surface area contributed by atoms with Crippen LogP contribution in [0.1, 0.15) is 16.8 Å². The maximum Gasteiger partial charge on any atom is 0.254 e. The van der Waals surface area contributed by atoms with Gasteiger partial charge in [0.2, 0.25) is 5.95 Å². The smallest absolute Gasteiger partial charge is 0.254 e. The van der Waals surface area contributed by atoms with Crippen molar-refractivity contribution in [3.05, 3.63) is 41.2 Å². The van der Waals surface area contributed by atoms with Gasteiger partial charge in [-0.25, -0.2) is 18.4 Å². The SMILES string of the molecule is COc1ccc(Cl)cc1Nc1ncc(C(=O)NC2CCS(=O)(=O)C2)cn1. The number of amides is 1. The first-order valence-corrected chi connectivity index (χ1v) is 10.00. The van der Waals surface area contributed by atoms with Crippen LogP contribution in [-0.4, -0.2) is 49.0 Å². The van der Waals surface area contributed by atoms with Gasteiger partial charge in [-0.15, -0.1) is 0 Å². The Bertz CT molecular complexity index is 918. The molecule has 2 aromatic rings. The minimum atomic E-state index is -3.05. The van der Waals surface area contributed by atoms with E-state index in [-0.39, 0.29) is 29.1 Å². The van der Waals surface area contributed by atoms with Crippen molar-refractivity contribution >= 4 is 39.0 Å². The van der Waals surface area contributed by atoms with E-state index >= 15 is 0 Å². The van der Waals surface area contributed by atoms with E-state index in [0.717, 1.165) is 0 Å². The third-order valence-corrected chi connectivity index (χ3v) is 5.89. The van der Waals surface area contributed by atoms with Crippen LogP contribution in [0.2, 0.25) is 5.02 Å². The number of carbonyl (C=O) groups excluding carboxylic acids is 1. The van der Waals surface area contributed by atoms with Gasteiger partial charge in [0.05, 0.1) is 29.9 Å². The van der Waals surface area contributed by atoms with Crippen LogP contribution in [0, 0.1) is 0 Å². The van der Waals surface area contributed by atoms with Crippen molar-refractivity contribution in [2.24, 2.45) is 0 Å². The average molecular weight is 397 g/mol. The molecule has 1 atom stereocenters. The van der Waals surface area contributed by atoms with E-state index in [1.54, 1.807) is 18.2 Å². The van der Waals surface area contributed by atoms with E-state index in [1.165, 1.54) is 19.5 Å². The van der Waals surface area contributed by atoms with Gasteiger partial charge in [0, 0.05) is 23.5 Å². The molecule has 1 saturated heterocycles. The Hall–Kier alpha value is -2.39. The number of ether oxygens (including phenoxy) is 1. The zero-order chi connectivity index (χ0) is 18.7. The topological polar surface area (TPSA) is 110 Å². The summed E-state index contributed by atoms with van der Waals surface area (Å²) in [5.74, 6) is 0.499. The second-order valence-corrected chi connectivity index (χ2v) is 8.50. The molecule has 3 rings (SSSR count). The number of carbonyl (C=O) groups is 1. The third-order valence-electron chi connectivity index (χ3n) is 3.89. The van der Waals surface area contributed by atoms with E-state index in [0.29, 0.717) is 22.9 Å². The molecule has 1 fully saturated rings. The molecule has 26 heavy (non-hydrogen) atoms. The van der Waals surface area contributed by atoms with Crippen molar-refractivity contribution in [3.8, 4) is 5.75 Å². The van der Waals surface area contributed by atoms with Crippen molar-refractivity contribution in [2.45, 2.75) is 12.5 Å². The van der Waals surface area contributed by atoms with Crippen LogP contribution in [0.4, 0.5) is 11.6 Å². The molecular formula is C16H17ClN4O4S. The number of benzene rings is 1. The molecule has 2 heterocycles. The van der Waals surface area contributed by atoms with Gasteiger partial charge in [-0.3, -0.25) is 4.79 Å². The van der Waals surface area contributed by atoms with Gasteiger partial charge in [-0.05, 0) is 24.6 Å². The fraction of sp³-hybridized carbons (Fsp3) is 0.312. The summed E-state index contributed by atoms with van der Waals surface area (Å²) in [6.07, 6.45) is 3.15. The van der Waals surface area contributed by atoms with Gasteiger partial charge in [0.25, 0.3) is 5.91 Å². The summed E-state index contributed by atoms with van der Waals surface area (Å²) < 4.78 is 28.1. The molecule has 138 valence electrons. The quantitative estimate of drug-likeness (QED) is 0.792. The summed E-state index contributed by atoms with van der Waals surface area (Å²) in [4.78, 5) is 20.4. The highest BCUT2D eigenvalue weighted by Gasteiger charge is 2.29. The van der Waals surface area contributed by atoms with E-state index in [2.05, 4.69) is 20.6 Å². The molecule has 2 N–H and O–H groups in total. The number of rotatable bonds is 5. The van der Waals surface area contributed by atoms with Crippen LogP contribution in [0.3, 0.4) is 0 Å². The lowest BCUT2D eigenvalue weighted by molar-refractivity contribution is 0.0940. The largest absolute Gasteiger partial charge is 0.495 e. The van der Waals surface area contributed by atoms with Crippen molar-refractivity contribution in [1.29, 1.82) is 0 Å². The summed E-state index contributed by atoms with van der Waals surface area (Å²) in [5, 5.41) is 6.19. The van der Waals surface area contributed by atoms with Crippen LogP contribution in [0.25, 0.3) is 0 Å². The van der Waals surface area contributed by atoms with Crippen LogP contribution in [-0.2, 0) is 9.84 Å². The molecule has 0 radical (unpaired) electrons. The lowest BCUT2D eigenvalue weighted by atomic mass is 10.2. The fourth-order valence-electron chi connectivity index (χ4n) is 2.59. The lowest BCUT2D eigenvalue weighted by Crippen LogP contribution is -2.35. The van der Waals surface area contributed by atoms with E-state index in [1.807, 2.05) is 0 Å². The van der Waals surface area contributed by atoms with Gasteiger partial charge in [0.1, 0.15) is 5.75 Å². The van der Waals surface area contributed by atoms with E-state index < -0.39 is 15.7 Å². The highest BCUT2D eigenvalue weighted by atomic mass is 35.5. The first-order valence-electron chi connectivity index (χ1n) is 7.80. The Morgan fingerprint density at radius 2 is 2.04 bits per heavy atom.